The second-order valence-corrected chi connectivity index (χ2v) is 5.42. The quantitative estimate of drug-likeness (QED) is 0.941. The van der Waals surface area contributed by atoms with E-state index < -0.39 is 5.97 Å². The number of hydrogen-bond acceptors (Lipinski definition) is 4. The van der Waals surface area contributed by atoms with Crippen molar-refractivity contribution < 1.29 is 23.8 Å². The third kappa shape index (κ3) is 3.12. The minimum Gasteiger partial charge on any atom is -0.478 e. The van der Waals surface area contributed by atoms with Crippen LogP contribution >= 0.6 is 0 Å². The molecule has 1 atom stereocenters. The first kappa shape index (κ1) is 15.3. The molecule has 1 N–H and O–H groups in total. The van der Waals surface area contributed by atoms with E-state index in [4.69, 9.17) is 14.3 Å². The van der Waals surface area contributed by atoms with Crippen molar-refractivity contribution in [3.8, 4) is 0 Å². The predicted octanol–water partition coefficient (Wildman–Crippen LogP) is 2.50. The number of nitrogens with zero attached hydrogens (tertiary/aromatic N) is 1. The summed E-state index contributed by atoms with van der Waals surface area (Å²) in [6.45, 7) is 3.16. The molecule has 0 aliphatic carbocycles. The number of morpholine rings is 1. The van der Waals surface area contributed by atoms with E-state index in [9.17, 15) is 9.59 Å². The molecule has 2 heterocycles. The summed E-state index contributed by atoms with van der Waals surface area (Å²) in [5.41, 5.74) is 0.604. The highest BCUT2D eigenvalue weighted by Crippen LogP contribution is 2.27. The monoisotopic (exact) mass is 315 g/mol. The summed E-state index contributed by atoms with van der Waals surface area (Å²) in [5, 5.41) is 8.93. The van der Waals surface area contributed by atoms with Gasteiger partial charge in [0.1, 0.15) is 17.6 Å². The lowest BCUT2D eigenvalue weighted by Crippen LogP contribution is -2.43. The van der Waals surface area contributed by atoms with Crippen LogP contribution in [-0.2, 0) is 4.74 Å². The molecule has 1 aliphatic heterocycles. The van der Waals surface area contributed by atoms with Gasteiger partial charge in [-0.3, -0.25) is 4.79 Å². The number of carboxylic acid groups (broad SMARTS) is 1. The molecule has 1 aromatic carbocycles. The topological polar surface area (TPSA) is 80.0 Å². The van der Waals surface area contributed by atoms with Gasteiger partial charge in [-0.1, -0.05) is 0 Å². The van der Waals surface area contributed by atoms with E-state index >= 15 is 0 Å². The predicted molar refractivity (Wildman–Crippen MR) is 81.4 cm³/mol. The first-order chi connectivity index (χ1) is 11.1. The maximum absolute atomic E-state index is 12.8. The Morgan fingerprint density at radius 1 is 1.13 bits per heavy atom. The summed E-state index contributed by atoms with van der Waals surface area (Å²) in [4.78, 5) is 25.4. The molecule has 6 heteroatoms. The van der Waals surface area contributed by atoms with Crippen molar-refractivity contribution in [1.82, 2.24) is 4.90 Å². The molecule has 0 unspecified atom stereocenters. The number of carboxylic acids is 1. The van der Waals surface area contributed by atoms with Gasteiger partial charge >= 0.3 is 5.97 Å². The van der Waals surface area contributed by atoms with Crippen molar-refractivity contribution in [2.75, 3.05) is 19.8 Å². The van der Waals surface area contributed by atoms with Gasteiger partial charge in [0.2, 0.25) is 0 Å². The smallest absolute Gasteiger partial charge is 0.335 e. The zero-order valence-corrected chi connectivity index (χ0v) is 12.7. The number of carbonyl (C=O) groups is 2. The normalized spacial score (nSPS) is 18.0. The highest BCUT2D eigenvalue weighted by molar-refractivity contribution is 5.96. The highest BCUT2D eigenvalue weighted by atomic mass is 16.5. The Bertz CT molecular complexity index is 719. The molecule has 0 spiro atoms. The molecule has 23 heavy (non-hydrogen) atoms. The minimum absolute atomic E-state index is 0.154. The van der Waals surface area contributed by atoms with Gasteiger partial charge in [-0.2, -0.15) is 0 Å². The molecule has 1 saturated heterocycles. The van der Waals surface area contributed by atoms with E-state index in [1.54, 1.807) is 4.90 Å². The summed E-state index contributed by atoms with van der Waals surface area (Å²) in [5.74, 6) is 0.296. The van der Waals surface area contributed by atoms with Crippen LogP contribution in [-0.4, -0.2) is 41.6 Å². The number of ether oxygens (including phenoxy) is 1. The van der Waals surface area contributed by atoms with Crippen LogP contribution in [0.5, 0.6) is 0 Å². The fourth-order valence-corrected chi connectivity index (χ4v) is 2.64. The number of benzene rings is 1. The Balaban J connectivity index is 1.85. The van der Waals surface area contributed by atoms with Crippen LogP contribution in [0.3, 0.4) is 0 Å². The molecular weight excluding hydrogens is 298 g/mol. The molecule has 1 aromatic heterocycles. The molecule has 0 saturated carbocycles. The number of carbonyl (C=O) groups excluding carboxylic acids is 1. The van der Waals surface area contributed by atoms with Gasteiger partial charge in [0.15, 0.2) is 0 Å². The fraction of sp³-hybridized carbons (Fsp3) is 0.294. The summed E-state index contributed by atoms with van der Waals surface area (Å²) in [7, 11) is 0. The van der Waals surface area contributed by atoms with Crippen LogP contribution in [0, 0.1) is 6.92 Å². The Morgan fingerprint density at radius 2 is 1.83 bits per heavy atom. The van der Waals surface area contributed by atoms with Crippen molar-refractivity contribution in [2.24, 2.45) is 0 Å². The lowest BCUT2D eigenvalue weighted by atomic mass is 10.1. The Labute approximate surface area is 133 Å². The van der Waals surface area contributed by atoms with Gasteiger partial charge in [-0.25, -0.2) is 4.79 Å². The average Bonchev–Trinajstić information content (AvgIpc) is 3.00. The van der Waals surface area contributed by atoms with Gasteiger partial charge in [0, 0.05) is 12.1 Å². The van der Waals surface area contributed by atoms with E-state index in [2.05, 4.69) is 0 Å². The summed E-state index contributed by atoms with van der Waals surface area (Å²) in [6.07, 6.45) is 0. The summed E-state index contributed by atoms with van der Waals surface area (Å²) < 4.78 is 11.1. The molecule has 6 nitrogen and oxygen atoms in total. The van der Waals surface area contributed by atoms with Crippen molar-refractivity contribution >= 4 is 11.9 Å². The van der Waals surface area contributed by atoms with Gasteiger partial charge in [0.25, 0.3) is 5.91 Å². The van der Waals surface area contributed by atoms with E-state index in [1.165, 1.54) is 24.3 Å². The number of furan rings is 1. The molecule has 0 radical (unpaired) electrons. The van der Waals surface area contributed by atoms with E-state index in [0.29, 0.717) is 31.1 Å². The van der Waals surface area contributed by atoms with Crippen molar-refractivity contribution in [2.45, 2.75) is 13.0 Å². The Kier molecular flexibility index (Phi) is 4.16. The van der Waals surface area contributed by atoms with Gasteiger partial charge in [0.05, 0.1) is 18.8 Å². The van der Waals surface area contributed by atoms with Crippen LogP contribution in [0.15, 0.2) is 40.8 Å². The van der Waals surface area contributed by atoms with E-state index in [0.717, 1.165) is 5.76 Å². The molecule has 0 bridgehead atoms. The first-order valence-corrected chi connectivity index (χ1v) is 7.34. The van der Waals surface area contributed by atoms with Crippen molar-refractivity contribution in [1.29, 1.82) is 0 Å². The standard InChI is InChI=1S/C17H17NO5/c1-11-2-7-15(23-11)14-10-22-9-8-18(14)16(19)12-3-5-13(6-4-12)17(20)21/h2-7,14H,8-10H2,1H3,(H,20,21)/t14-/m0/s1. The van der Waals surface area contributed by atoms with Crippen LogP contribution in [0.25, 0.3) is 0 Å². The SMILES string of the molecule is Cc1ccc([C@@H]2COCCN2C(=O)c2ccc(C(=O)O)cc2)o1. The van der Waals surface area contributed by atoms with E-state index in [-0.39, 0.29) is 17.5 Å². The van der Waals surface area contributed by atoms with Crippen LogP contribution in [0.1, 0.15) is 38.3 Å². The number of hydrogen-bond donors (Lipinski definition) is 1. The number of rotatable bonds is 3. The largest absolute Gasteiger partial charge is 0.478 e. The second kappa shape index (κ2) is 6.26. The molecule has 1 aliphatic rings. The third-order valence-corrected chi connectivity index (χ3v) is 3.86. The first-order valence-electron chi connectivity index (χ1n) is 7.34. The molecule has 3 rings (SSSR count). The second-order valence-electron chi connectivity index (χ2n) is 5.42. The maximum Gasteiger partial charge on any atom is 0.335 e. The molecular formula is C17H17NO5. The summed E-state index contributed by atoms with van der Waals surface area (Å²) >= 11 is 0. The maximum atomic E-state index is 12.8. The summed E-state index contributed by atoms with van der Waals surface area (Å²) in [6, 6.07) is 9.36. The lowest BCUT2D eigenvalue weighted by Gasteiger charge is -2.34. The molecule has 1 amide bonds. The molecule has 1 fully saturated rings. The van der Waals surface area contributed by atoms with Crippen molar-refractivity contribution in [3.05, 3.63) is 59.0 Å². The number of amides is 1. The molecule has 120 valence electrons. The zero-order valence-electron chi connectivity index (χ0n) is 12.7. The van der Waals surface area contributed by atoms with Gasteiger partial charge < -0.3 is 19.2 Å². The number of aromatic carboxylic acids is 1. The minimum atomic E-state index is -1.01. The van der Waals surface area contributed by atoms with Crippen LogP contribution in [0.2, 0.25) is 0 Å². The average molecular weight is 315 g/mol. The fourth-order valence-electron chi connectivity index (χ4n) is 2.64. The van der Waals surface area contributed by atoms with Crippen molar-refractivity contribution in [3.63, 3.8) is 0 Å². The van der Waals surface area contributed by atoms with Crippen LogP contribution in [0.4, 0.5) is 0 Å². The Morgan fingerprint density at radius 3 is 2.43 bits per heavy atom. The number of aryl methyl sites for hydroxylation is 1. The van der Waals surface area contributed by atoms with Gasteiger partial charge in [-0.15, -0.1) is 0 Å². The van der Waals surface area contributed by atoms with Crippen LogP contribution < -0.4 is 0 Å². The van der Waals surface area contributed by atoms with E-state index in [1.807, 2.05) is 19.1 Å². The lowest BCUT2D eigenvalue weighted by molar-refractivity contribution is -0.00895. The van der Waals surface area contributed by atoms with Gasteiger partial charge in [-0.05, 0) is 43.3 Å². The molecule has 2 aromatic rings. The highest BCUT2D eigenvalue weighted by Gasteiger charge is 2.31. The zero-order chi connectivity index (χ0) is 16.4. The Hall–Kier alpha value is -2.60. The third-order valence-electron chi connectivity index (χ3n) is 3.86.